The van der Waals surface area contributed by atoms with Gasteiger partial charge in [-0.3, -0.25) is 0 Å². The number of ether oxygens (including phenoxy) is 1. The van der Waals surface area contributed by atoms with Gasteiger partial charge in [0, 0.05) is 38.4 Å². The summed E-state index contributed by atoms with van der Waals surface area (Å²) in [5.74, 6) is 1.04. The Labute approximate surface area is 153 Å². The predicted molar refractivity (Wildman–Crippen MR) is 103 cm³/mol. The van der Waals surface area contributed by atoms with Crippen molar-refractivity contribution in [2.45, 2.75) is 56.8 Å². The lowest BCUT2D eigenvalue weighted by Crippen LogP contribution is -2.33. The van der Waals surface area contributed by atoms with Crippen molar-refractivity contribution in [1.29, 1.82) is 0 Å². The van der Waals surface area contributed by atoms with Crippen molar-refractivity contribution in [3.63, 3.8) is 0 Å². The molecule has 1 aromatic heterocycles. The minimum absolute atomic E-state index is 0.186. The maximum atomic E-state index is 6.65. The van der Waals surface area contributed by atoms with Gasteiger partial charge >= 0.3 is 0 Å². The van der Waals surface area contributed by atoms with E-state index in [1.165, 1.54) is 37.3 Å². The second-order valence-electron chi connectivity index (χ2n) is 8.15. The highest BCUT2D eigenvalue weighted by atomic mass is 79.9. The van der Waals surface area contributed by atoms with Crippen molar-refractivity contribution in [2.75, 3.05) is 24.8 Å². The zero-order valence-corrected chi connectivity index (χ0v) is 17.6. The number of pyridine rings is 1. The van der Waals surface area contributed by atoms with Crippen LogP contribution in [0.1, 0.15) is 31.2 Å². The first-order valence-corrected chi connectivity index (χ1v) is 13.4. The summed E-state index contributed by atoms with van der Waals surface area (Å²) in [5.41, 5.74) is 1.44. The van der Waals surface area contributed by atoms with Crippen LogP contribution in [0, 0.1) is 0 Å². The van der Waals surface area contributed by atoms with E-state index in [0.29, 0.717) is 6.73 Å². The third-order valence-corrected chi connectivity index (χ3v) is 8.01. The molecule has 0 atom stereocenters. The van der Waals surface area contributed by atoms with Crippen molar-refractivity contribution < 1.29 is 4.74 Å². The number of anilines is 1. The van der Waals surface area contributed by atoms with Crippen LogP contribution in [0.4, 0.5) is 5.82 Å². The number of aromatic nitrogens is 1. The smallest absolute Gasteiger partial charge is 0.135 e. The highest BCUT2D eigenvalue weighted by molar-refractivity contribution is 9.10. The van der Waals surface area contributed by atoms with Gasteiger partial charge in [-0.1, -0.05) is 44.1 Å². The Hall–Kier alpha value is -0.103. The molecule has 1 spiro atoms. The van der Waals surface area contributed by atoms with E-state index < -0.39 is 8.07 Å². The van der Waals surface area contributed by atoms with Crippen LogP contribution >= 0.6 is 27.5 Å². The fourth-order valence-electron chi connectivity index (χ4n) is 3.81. The zero-order valence-electron chi connectivity index (χ0n) is 14.3. The van der Waals surface area contributed by atoms with Gasteiger partial charge in [0.05, 0.1) is 9.50 Å². The topological polar surface area (TPSA) is 25.4 Å². The second kappa shape index (κ2) is 6.66. The van der Waals surface area contributed by atoms with Gasteiger partial charge in [-0.05, 0) is 34.8 Å². The van der Waals surface area contributed by atoms with E-state index >= 15 is 0 Å². The van der Waals surface area contributed by atoms with Gasteiger partial charge in [0.15, 0.2) is 0 Å². The molecule has 23 heavy (non-hydrogen) atoms. The molecule has 3 rings (SSSR count). The van der Waals surface area contributed by atoms with Gasteiger partial charge in [0.2, 0.25) is 0 Å². The lowest BCUT2D eigenvalue weighted by molar-refractivity contribution is 0.144. The summed E-state index contributed by atoms with van der Waals surface area (Å²) in [6, 6.07) is 1.20. The minimum Gasteiger partial charge on any atom is -0.361 e. The third kappa shape index (κ3) is 3.63. The van der Waals surface area contributed by atoms with Crippen LogP contribution in [0.5, 0.6) is 0 Å². The number of hydrogen-bond donors (Lipinski definition) is 0. The van der Waals surface area contributed by atoms with Crippen LogP contribution in [0.25, 0.3) is 0 Å². The molecule has 0 saturated heterocycles. The van der Waals surface area contributed by atoms with Gasteiger partial charge < -0.3 is 9.64 Å². The first kappa shape index (κ1) is 17.7. The molecule has 0 unspecified atom stereocenters. The van der Waals surface area contributed by atoms with E-state index in [9.17, 15) is 0 Å². The monoisotopic (exact) mass is 416 g/mol. The number of hydrogen-bond acceptors (Lipinski definition) is 3. The summed E-state index contributed by atoms with van der Waals surface area (Å²) in [7, 11) is -1.04. The van der Waals surface area contributed by atoms with E-state index in [2.05, 4.69) is 45.5 Å². The third-order valence-electron chi connectivity index (χ3n) is 5.08. The van der Waals surface area contributed by atoms with Crippen LogP contribution in [0.3, 0.4) is 0 Å². The van der Waals surface area contributed by atoms with Gasteiger partial charge in [-0.2, -0.15) is 0 Å². The Balaban J connectivity index is 1.76. The van der Waals surface area contributed by atoms with Gasteiger partial charge in [-0.25, -0.2) is 4.98 Å². The summed E-state index contributed by atoms with van der Waals surface area (Å²) >= 11 is 10.2. The summed E-state index contributed by atoms with van der Waals surface area (Å²) in [5, 5.41) is 0.849. The molecule has 1 aliphatic carbocycles. The zero-order chi connectivity index (χ0) is 16.7. The SMILES string of the molecule is C[Si](C)(C)CCOCN1CC2(CCCC2)c2c1ncc(Br)c2Cl. The molecule has 1 aromatic rings. The Morgan fingerprint density at radius 2 is 2.04 bits per heavy atom. The van der Waals surface area contributed by atoms with Crippen LogP contribution in [-0.2, 0) is 10.2 Å². The number of halogens is 2. The van der Waals surface area contributed by atoms with E-state index in [0.717, 1.165) is 28.5 Å². The number of rotatable bonds is 5. The Bertz CT molecular complexity index is 585. The molecular weight excluding hydrogens is 392 g/mol. The van der Waals surface area contributed by atoms with Crippen molar-refractivity contribution in [1.82, 2.24) is 4.98 Å². The fourth-order valence-corrected chi connectivity index (χ4v) is 5.20. The van der Waals surface area contributed by atoms with Crippen molar-refractivity contribution >= 4 is 41.4 Å². The Kier molecular flexibility index (Phi) is 5.13. The summed E-state index contributed by atoms with van der Waals surface area (Å²) < 4.78 is 6.90. The molecule has 1 fully saturated rings. The van der Waals surface area contributed by atoms with Crippen molar-refractivity contribution in [3.8, 4) is 0 Å². The lowest BCUT2D eigenvalue weighted by Gasteiger charge is -2.26. The normalized spacial score (nSPS) is 19.6. The Morgan fingerprint density at radius 3 is 2.70 bits per heavy atom. The highest BCUT2D eigenvalue weighted by Gasteiger charge is 2.47. The van der Waals surface area contributed by atoms with Gasteiger partial charge in [-0.15, -0.1) is 0 Å². The van der Waals surface area contributed by atoms with E-state index in [1.54, 1.807) is 0 Å². The molecule has 0 N–H and O–H groups in total. The van der Waals surface area contributed by atoms with Crippen LogP contribution in [0.2, 0.25) is 30.7 Å². The molecule has 0 aromatic carbocycles. The molecule has 1 aliphatic heterocycles. The highest BCUT2D eigenvalue weighted by Crippen LogP contribution is 2.53. The molecule has 3 nitrogen and oxygen atoms in total. The van der Waals surface area contributed by atoms with Crippen molar-refractivity contribution in [3.05, 3.63) is 21.3 Å². The van der Waals surface area contributed by atoms with Crippen LogP contribution in [-0.4, -0.2) is 32.9 Å². The first-order chi connectivity index (χ1) is 10.8. The van der Waals surface area contributed by atoms with E-state index in [4.69, 9.17) is 16.3 Å². The minimum atomic E-state index is -1.04. The first-order valence-electron chi connectivity index (χ1n) is 8.50. The Morgan fingerprint density at radius 1 is 1.35 bits per heavy atom. The standard InChI is InChI=1S/C17H26BrClN2OSi/c1-23(2,3)9-8-22-12-21-11-17(6-4-5-7-17)14-15(19)13(18)10-20-16(14)21/h10H,4-9,11-12H2,1-3H3. The van der Waals surface area contributed by atoms with E-state index in [-0.39, 0.29) is 5.41 Å². The average molecular weight is 418 g/mol. The van der Waals surface area contributed by atoms with Crippen molar-refractivity contribution in [2.24, 2.45) is 0 Å². The molecule has 0 amide bonds. The summed E-state index contributed by atoms with van der Waals surface area (Å²) in [6.45, 7) is 9.62. The maximum absolute atomic E-state index is 6.65. The molecule has 128 valence electrons. The molecule has 2 aliphatic rings. The predicted octanol–water partition coefficient (Wildman–Crippen LogP) is 5.44. The summed E-state index contributed by atoms with van der Waals surface area (Å²) in [6.07, 6.45) is 6.82. The molecule has 0 bridgehead atoms. The van der Waals surface area contributed by atoms with Crippen LogP contribution in [0.15, 0.2) is 10.7 Å². The number of nitrogens with zero attached hydrogens (tertiary/aromatic N) is 2. The summed E-state index contributed by atoms with van der Waals surface area (Å²) in [4.78, 5) is 6.97. The quantitative estimate of drug-likeness (QED) is 0.471. The largest absolute Gasteiger partial charge is 0.361 e. The maximum Gasteiger partial charge on any atom is 0.135 e. The molecule has 6 heteroatoms. The number of fused-ring (bicyclic) bond motifs is 2. The lowest BCUT2D eigenvalue weighted by atomic mass is 9.81. The van der Waals surface area contributed by atoms with E-state index in [1.807, 2.05) is 6.20 Å². The van der Waals surface area contributed by atoms with Gasteiger partial charge in [0.25, 0.3) is 0 Å². The molecular formula is C17H26BrClN2OSi. The molecule has 0 radical (unpaired) electrons. The van der Waals surface area contributed by atoms with Crippen LogP contribution < -0.4 is 4.90 Å². The molecule has 2 heterocycles. The second-order valence-corrected chi connectivity index (χ2v) is 15.0. The van der Waals surface area contributed by atoms with Gasteiger partial charge in [0.1, 0.15) is 12.5 Å². The molecule has 1 saturated carbocycles. The average Bonchev–Trinajstić information content (AvgIpc) is 3.05. The fraction of sp³-hybridized carbons (Fsp3) is 0.706.